The molecule has 1 aromatic rings. The summed E-state index contributed by atoms with van der Waals surface area (Å²) in [4.78, 5) is 0. The lowest BCUT2D eigenvalue weighted by molar-refractivity contribution is 0.119. The molecule has 0 saturated heterocycles. The smallest absolute Gasteiger partial charge is 0.0766 e. The Morgan fingerprint density at radius 1 is 1.00 bits per heavy atom. The van der Waals surface area contributed by atoms with Crippen molar-refractivity contribution >= 4 is 8.07 Å². The van der Waals surface area contributed by atoms with E-state index < -0.39 is 8.07 Å². The summed E-state index contributed by atoms with van der Waals surface area (Å²) in [6.45, 7) is 8.66. The van der Waals surface area contributed by atoms with E-state index in [2.05, 4.69) is 56.8 Å². The summed E-state index contributed by atoms with van der Waals surface area (Å²) in [6.07, 6.45) is 4.70. The van der Waals surface area contributed by atoms with Crippen molar-refractivity contribution in [3.63, 3.8) is 0 Å². The van der Waals surface area contributed by atoms with Crippen LogP contribution >= 0.6 is 0 Å². The number of unbranched alkanes of at least 4 members (excludes halogenated alkanes) is 1. The van der Waals surface area contributed by atoms with E-state index in [0.29, 0.717) is 0 Å². The summed E-state index contributed by atoms with van der Waals surface area (Å²) in [7, 11) is -1.06. The topological polar surface area (TPSA) is 9.23 Å². The van der Waals surface area contributed by atoms with Crippen molar-refractivity contribution < 1.29 is 4.74 Å². The molecule has 0 aliphatic rings. The number of rotatable bonds is 10. The third kappa shape index (κ3) is 6.06. The molecule has 0 aliphatic carbocycles. The van der Waals surface area contributed by atoms with E-state index >= 15 is 0 Å². The molecule has 20 heavy (non-hydrogen) atoms. The van der Waals surface area contributed by atoms with Gasteiger partial charge < -0.3 is 4.74 Å². The summed E-state index contributed by atoms with van der Waals surface area (Å²) < 4.78 is 5.71. The van der Waals surface area contributed by atoms with Crippen molar-refractivity contribution in [2.45, 2.75) is 58.4 Å². The molecule has 0 unspecified atom stereocenters. The second-order valence-electron chi connectivity index (χ2n) is 5.51. The highest BCUT2D eigenvalue weighted by molar-refractivity contribution is 6.84. The van der Waals surface area contributed by atoms with Gasteiger partial charge in [-0.05, 0) is 18.4 Å². The Kier molecular flexibility index (Phi) is 8.55. The van der Waals surface area contributed by atoms with Gasteiger partial charge in [0.15, 0.2) is 0 Å². The molecule has 1 aromatic carbocycles. The highest BCUT2D eigenvalue weighted by atomic mass is 28.3. The van der Waals surface area contributed by atoms with Gasteiger partial charge in [-0.25, -0.2) is 0 Å². The van der Waals surface area contributed by atoms with Gasteiger partial charge in [-0.2, -0.15) is 0 Å². The summed E-state index contributed by atoms with van der Waals surface area (Å²) in [5, 5.41) is 0. The first-order valence-corrected chi connectivity index (χ1v) is 10.8. The number of ether oxygens (including phenoxy) is 1. The number of allylic oxidation sites excluding steroid dienone is 1. The molecule has 0 fully saturated rings. The van der Waals surface area contributed by atoms with Crippen molar-refractivity contribution in [3.05, 3.63) is 47.7 Å². The monoisotopic (exact) mass is 290 g/mol. The first-order chi connectivity index (χ1) is 9.76. The SMILES string of the molecule is CC[Si](/C=C/CCCOCc1ccccc1)(CC)CC. The highest BCUT2D eigenvalue weighted by Gasteiger charge is 2.22. The third-order valence-electron chi connectivity index (χ3n) is 4.35. The Bertz CT molecular complexity index is 360. The zero-order valence-corrected chi connectivity index (χ0v) is 14.4. The molecule has 1 nitrogen and oxygen atoms in total. The van der Waals surface area contributed by atoms with Gasteiger partial charge in [0, 0.05) is 6.61 Å². The Morgan fingerprint density at radius 2 is 1.65 bits per heavy atom. The van der Waals surface area contributed by atoms with Gasteiger partial charge in [0.2, 0.25) is 0 Å². The van der Waals surface area contributed by atoms with Crippen LogP contribution in [0.1, 0.15) is 39.2 Å². The van der Waals surface area contributed by atoms with Gasteiger partial charge in [0.1, 0.15) is 0 Å². The standard InChI is InChI=1S/C18H30OSi/c1-4-20(5-2,6-3)16-12-8-11-15-19-17-18-13-9-7-10-14-18/h7,9-10,12-14,16H,4-6,8,11,15,17H2,1-3H3/b16-12+. The first kappa shape index (κ1) is 17.2. The van der Waals surface area contributed by atoms with E-state index in [4.69, 9.17) is 4.74 Å². The van der Waals surface area contributed by atoms with Crippen LogP contribution in [0.5, 0.6) is 0 Å². The van der Waals surface area contributed by atoms with Crippen LogP contribution in [-0.4, -0.2) is 14.7 Å². The van der Waals surface area contributed by atoms with Crippen LogP contribution in [0.25, 0.3) is 0 Å². The third-order valence-corrected chi connectivity index (χ3v) is 9.52. The Morgan fingerprint density at radius 3 is 2.25 bits per heavy atom. The van der Waals surface area contributed by atoms with Gasteiger partial charge in [-0.3, -0.25) is 0 Å². The minimum Gasteiger partial charge on any atom is -0.377 e. The van der Waals surface area contributed by atoms with Crippen LogP contribution in [0.3, 0.4) is 0 Å². The van der Waals surface area contributed by atoms with Crippen molar-refractivity contribution in [2.75, 3.05) is 6.61 Å². The molecule has 0 N–H and O–H groups in total. The van der Waals surface area contributed by atoms with E-state index in [9.17, 15) is 0 Å². The van der Waals surface area contributed by atoms with Gasteiger partial charge in [-0.1, -0.05) is 81.0 Å². The number of hydrogen-bond acceptors (Lipinski definition) is 1. The zero-order valence-electron chi connectivity index (χ0n) is 13.4. The molecule has 0 aromatic heterocycles. The molecule has 0 heterocycles. The fraction of sp³-hybridized carbons (Fsp3) is 0.556. The predicted molar refractivity (Wildman–Crippen MR) is 91.7 cm³/mol. The minimum absolute atomic E-state index is 0.738. The average Bonchev–Trinajstić information content (AvgIpc) is 2.52. The lowest BCUT2D eigenvalue weighted by Gasteiger charge is -2.23. The second kappa shape index (κ2) is 9.95. The maximum absolute atomic E-state index is 5.71. The highest BCUT2D eigenvalue weighted by Crippen LogP contribution is 2.21. The lowest BCUT2D eigenvalue weighted by atomic mass is 10.2. The minimum atomic E-state index is -1.06. The van der Waals surface area contributed by atoms with Gasteiger partial charge in [-0.15, -0.1) is 0 Å². The fourth-order valence-electron chi connectivity index (χ4n) is 2.50. The van der Waals surface area contributed by atoms with E-state index in [0.717, 1.165) is 26.1 Å². The normalized spacial score (nSPS) is 12.2. The van der Waals surface area contributed by atoms with E-state index in [1.165, 1.54) is 23.7 Å². The van der Waals surface area contributed by atoms with Crippen molar-refractivity contribution in [1.29, 1.82) is 0 Å². The van der Waals surface area contributed by atoms with Crippen LogP contribution in [0.4, 0.5) is 0 Å². The van der Waals surface area contributed by atoms with Crippen molar-refractivity contribution in [2.24, 2.45) is 0 Å². The quantitative estimate of drug-likeness (QED) is 0.403. The van der Waals surface area contributed by atoms with Crippen LogP contribution in [-0.2, 0) is 11.3 Å². The molecule has 0 aliphatic heterocycles. The van der Waals surface area contributed by atoms with Gasteiger partial charge in [0.25, 0.3) is 0 Å². The molecule has 2 heteroatoms. The van der Waals surface area contributed by atoms with Crippen molar-refractivity contribution in [1.82, 2.24) is 0 Å². The molecule has 0 radical (unpaired) electrons. The van der Waals surface area contributed by atoms with Gasteiger partial charge in [0.05, 0.1) is 14.7 Å². The summed E-state index contributed by atoms with van der Waals surface area (Å²) in [5.74, 6) is 0. The Labute approximate surface area is 126 Å². The maximum Gasteiger partial charge on any atom is 0.0766 e. The summed E-state index contributed by atoms with van der Waals surface area (Å²) in [5.41, 5.74) is 3.84. The Hall–Kier alpha value is -0.863. The summed E-state index contributed by atoms with van der Waals surface area (Å²) >= 11 is 0. The molecule has 0 spiro atoms. The van der Waals surface area contributed by atoms with Crippen molar-refractivity contribution in [3.8, 4) is 0 Å². The van der Waals surface area contributed by atoms with Crippen LogP contribution < -0.4 is 0 Å². The van der Waals surface area contributed by atoms with E-state index in [1.807, 2.05) is 6.07 Å². The van der Waals surface area contributed by atoms with E-state index in [-0.39, 0.29) is 0 Å². The lowest BCUT2D eigenvalue weighted by Crippen LogP contribution is -2.28. The maximum atomic E-state index is 5.71. The number of benzene rings is 1. The molecule has 0 bridgehead atoms. The second-order valence-corrected chi connectivity index (χ2v) is 10.7. The molecule has 112 valence electrons. The molecule has 0 amide bonds. The number of hydrogen-bond donors (Lipinski definition) is 0. The van der Waals surface area contributed by atoms with Crippen LogP contribution in [0.2, 0.25) is 18.1 Å². The molecule has 0 saturated carbocycles. The van der Waals surface area contributed by atoms with Gasteiger partial charge >= 0.3 is 0 Å². The average molecular weight is 291 g/mol. The van der Waals surface area contributed by atoms with Crippen LogP contribution in [0, 0.1) is 0 Å². The molecule has 0 atom stereocenters. The molecular formula is C18H30OSi. The Balaban J connectivity index is 2.15. The molecular weight excluding hydrogens is 260 g/mol. The first-order valence-electron chi connectivity index (χ1n) is 8.05. The zero-order chi connectivity index (χ0) is 14.7. The summed E-state index contributed by atoms with van der Waals surface area (Å²) in [6, 6.07) is 14.5. The predicted octanol–water partition coefficient (Wildman–Crippen LogP) is 5.59. The largest absolute Gasteiger partial charge is 0.377 e. The van der Waals surface area contributed by atoms with Crippen LogP contribution in [0.15, 0.2) is 42.1 Å². The molecule has 1 rings (SSSR count). The van der Waals surface area contributed by atoms with E-state index in [1.54, 1.807) is 0 Å². The fourth-order valence-corrected chi connectivity index (χ4v) is 5.38.